The molecule has 90 valence electrons. The van der Waals surface area contributed by atoms with Gasteiger partial charge in [0.2, 0.25) is 0 Å². The van der Waals surface area contributed by atoms with Crippen LogP contribution in [0.1, 0.15) is 16.7 Å². The van der Waals surface area contributed by atoms with Crippen molar-refractivity contribution in [3.8, 4) is 5.75 Å². The molecular formula is C15H15BrOZn. The zero-order chi connectivity index (χ0) is 13.4. The third-order valence-electron chi connectivity index (χ3n) is 2.50. The van der Waals surface area contributed by atoms with Gasteiger partial charge in [-0.1, -0.05) is 12.1 Å². The van der Waals surface area contributed by atoms with Gasteiger partial charge in [-0.3, -0.25) is 0 Å². The van der Waals surface area contributed by atoms with Gasteiger partial charge in [0.25, 0.3) is 0 Å². The molecule has 0 aliphatic heterocycles. The minimum atomic E-state index is 0.575. The van der Waals surface area contributed by atoms with Gasteiger partial charge in [-0.25, -0.2) is 0 Å². The fraction of sp³-hybridized carbons (Fsp3) is 0.200. The zero-order valence-corrected chi connectivity index (χ0v) is 15.3. The maximum atomic E-state index is 5.77. The van der Waals surface area contributed by atoms with Crippen LogP contribution in [0.4, 0.5) is 0 Å². The average Bonchev–Trinajstić information content (AvgIpc) is 2.43. The molecule has 18 heavy (non-hydrogen) atoms. The van der Waals surface area contributed by atoms with Crippen molar-refractivity contribution in [2.45, 2.75) is 20.5 Å². The Bertz CT molecular complexity index is 471. The molecule has 0 aromatic heterocycles. The molecule has 0 amide bonds. The number of halogens is 1. The summed E-state index contributed by atoms with van der Waals surface area (Å²) in [7, 11) is 0. The molecule has 2 rings (SSSR count). The van der Waals surface area contributed by atoms with E-state index in [9.17, 15) is 0 Å². The van der Waals surface area contributed by atoms with Gasteiger partial charge in [0.05, 0.1) is 6.61 Å². The second kappa shape index (κ2) is 8.45. The van der Waals surface area contributed by atoms with Gasteiger partial charge in [-0.15, -0.1) is 5.56 Å². The summed E-state index contributed by atoms with van der Waals surface area (Å²) in [4.78, 5) is 0. The average molecular weight is 357 g/mol. The monoisotopic (exact) mass is 354 g/mol. The first kappa shape index (κ1) is 15.4. The van der Waals surface area contributed by atoms with Crippen molar-refractivity contribution in [2.24, 2.45) is 0 Å². The Labute approximate surface area is 126 Å². The zero-order valence-electron chi connectivity index (χ0n) is 10.7. The number of rotatable bonds is 3. The van der Waals surface area contributed by atoms with E-state index in [0.29, 0.717) is 6.61 Å². The van der Waals surface area contributed by atoms with Crippen LogP contribution in [-0.2, 0) is 22.9 Å². The summed E-state index contributed by atoms with van der Waals surface area (Å²) in [6.07, 6.45) is 0. The van der Waals surface area contributed by atoms with E-state index >= 15 is 0 Å². The molecule has 0 N–H and O–H groups in total. The van der Waals surface area contributed by atoms with Crippen LogP contribution in [0.2, 0.25) is 0 Å². The van der Waals surface area contributed by atoms with Crippen LogP contribution in [0.25, 0.3) is 0 Å². The summed E-state index contributed by atoms with van der Waals surface area (Å²) in [5.74, 6) is 0.956. The first-order chi connectivity index (χ1) is 8.75. The van der Waals surface area contributed by atoms with E-state index in [2.05, 4.69) is 51.7 Å². The molecule has 0 aliphatic carbocycles. The molecular weight excluding hydrogens is 341 g/mol. The fourth-order valence-electron chi connectivity index (χ4n) is 1.54. The van der Waals surface area contributed by atoms with Crippen LogP contribution < -0.4 is 4.74 Å². The van der Waals surface area contributed by atoms with Crippen molar-refractivity contribution in [3.63, 3.8) is 0 Å². The number of ether oxygens (including phenoxy) is 1. The molecule has 0 spiro atoms. The van der Waals surface area contributed by atoms with E-state index in [1.54, 1.807) is 0 Å². The van der Waals surface area contributed by atoms with Gasteiger partial charge < -0.3 is 4.74 Å². The predicted octanol–water partition coefficient (Wildman–Crippen LogP) is 4.53. The maximum absolute atomic E-state index is 5.77. The Morgan fingerprint density at radius 2 is 1.94 bits per heavy atom. The topological polar surface area (TPSA) is 9.23 Å². The molecule has 2 aromatic carbocycles. The SMILES string of the molecule is Cc1ccc(C)c(OCc2[c-]cccc2)c1.[Zn+][Br]. The van der Waals surface area contributed by atoms with Crippen LogP contribution >= 0.6 is 13.6 Å². The van der Waals surface area contributed by atoms with Crippen LogP contribution in [0.3, 0.4) is 0 Å². The van der Waals surface area contributed by atoms with Crippen molar-refractivity contribution in [1.82, 2.24) is 0 Å². The summed E-state index contributed by atoms with van der Waals surface area (Å²) in [5.41, 5.74) is 3.46. The molecule has 1 nitrogen and oxygen atoms in total. The van der Waals surface area contributed by atoms with E-state index in [4.69, 9.17) is 4.74 Å². The van der Waals surface area contributed by atoms with Crippen molar-refractivity contribution >= 4 is 13.6 Å². The molecule has 3 heteroatoms. The summed E-state index contributed by atoms with van der Waals surface area (Å²) in [6.45, 7) is 4.70. The van der Waals surface area contributed by atoms with Crippen molar-refractivity contribution < 1.29 is 21.1 Å². The predicted molar refractivity (Wildman–Crippen MR) is 74.5 cm³/mol. The van der Waals surface area contributed by atoms with E-state index in [-0.39, 0.29) is 0 Å². The van der Waals surface area contributed by atoms with E-state index < -0.39 is 0 Å². The van der Waals surface area contributed by atoms with Gasteiger partial charge in [0.15, 0.2) is 0 Å². The Hall–Kier alpha value is -0.657. The van der Waals surface area contributed by atoms with Crippen LogP contribution in [0.15, 0.2) is 42.5 Å². The van der Waals surface area contributed by atoms with Gasteiger partial charge >= 0.3 is 30.0 Å². The summed E-state index contributed by atoms with van der Waals surface area (Å²) >= 11 is 4.25. The first-order valence-corrected chi connectivity index (χ1v) is 12.6. The van der Waals surface area contributed by atoms with Crippen LogP contribution in [-0.4, -0.2) is 0 Å². The molecule has 0 heterocycles. The molecule has 0 unspecified atom stereocenters. The normalized spacial score (nSPS) is 9.39. The third kappa shape index (κ3) is 4.91. The molecule has 0 saturated heterocycles. The summed E-state index contributed by atoms with van der Waals surface area (Å²) < 4.78 is 5.77. The van der Waals surface area contributed by atoms with Gasteiger partial charge in [0, 0.05) is 0 Å². The Morgan fingerprint density at radius 1 is 1.17 bits per heavy atom. The molecule has 0 bridgehead atoms. The third-order valence-corrected chi connectivity index (χ3v) is 2.50. The quantitative estimate of drug-likeness (QED) is 0.580. The Morgan fingerprint density at radius 3 is 2.61 bits per heavy atom. The van der Waals surface area contributed by atoms with Gasteiger partial charge in [-0.2, -0.15) is 30.3 Å². The Balaban J connectivity index is 0.000000771. The molecule has 0 radical (unpaired) electrons. The van der Waals surface area contributed by atoms with Crippen molar-refractivity contribution in [2.75, 3.05) is 0 Å². The number of aryl methyl sites for hydroxylation is 2. The van der Waals surface area contributed by atoms with Crippen LogP contribution in [0, 0.1) is 19.9 Å². The van der Waals surface area contributed by atoms with E-state index in [1.807, 2.05) is 24.3 Å². The molecule has 2 aromatic rings. The summed E-state index contributed by atoms with van der Waals surface area (Å²) in [6, 6.07) is 17.3. The first-order valence-electron chi connectivity index (χ1n) is 5.68. The van der Waals surface area contributed by atoms with Crippen molar-refractivity contribution in [3.05, 3.63) is 65.2 Å². The van der Waals surface area contributed by atoms with Crippen LogP contribution in [0.5, 0.6) is 5.75 Å². The summed E-state index contributed by atoms with van der Waals surface area (Å²) in [5, 5.41) is 0. The minimum absolute atomic E-state index is 0.575. The number of hydrogen-bond donors (Lipinski definition) is 0. The second-order valence-corrected chi connectivity index (χ2v) is 3.95. The molecule has 0 atom stereocenters. The molecule has 0 fully saturated rings. The van der Waals surface area contributed by atoms with Crippen molar-refractivity contribution in [1.29, 1.82) is 0 Å². The van der Waals surface area contributed by atoms with E-state index in [1.165, 1.54) is 27.5 Å². The number of benzene rings is 2. The van der Waals surface area contributed by atoms with Gasteiger partial charge in [0.1, 0.15) is 5.75 Å². The number of hydrogen-bond acceptors (Lipinski definition) is 1. The Kier molecular flexibility index (Phi) is 7.23. The molecule has 0 aliphatic rings. The standard InChI is InChI=1S/C15H15O.BrH.Zn/c1-12-8-9-13(2)15(10-12)16-11-14-6-4-3-5-7-14;;/h3-6,8-10H,11H2,1-2H3;1H;/q-1;;+2/p-1. The molecule has 0 saturated carbocycles. The fourth-order valence-corrected chi connectivity index (χ4v) is 1.54. The second-order valence-electron chi connectivity index (χ2n) is 3.95. The van der Waals surface area contributed by atoms with E-state index in [0.717, 1.165) is 11.3 Å². The van der Waals surface area contributed by atoms with Gasteiger partial charge in [-0.05, 0) is 31.0 Å².